The molecule has 4 rings (SSSR count). The van der Waals surface area contributed by atoms with Crippen LogP contribution in [0.25, 0.3) is 0 Å². The summed E-state index contributed by atoms with van der Waals surface area (Å²) in [7, 11) is 0. The lowest BCUT2D eigenvalue weighted by molar-refractivity contribution is 0.0507. The summed E-state index contributed by atoms with van der Waals surface area (Å²) in [5.41, 5.74) is 1.18. The molecule has 2 aromatic rings. The van der Waals surface area contributed by atoms with E-state index in [0.29, 0.717) is 37.3 Å². The molecule has 4 amide bonds. The van der Waals surface area contributed by atoms with Crippen molar-refractivity contribution in [1.29, 1.82) is 0 Å². The Bertz CT molecular complexity index is 1100. The van der Waals surface area contributed by atoms with E-state index in [-0.39, 0.29) is 29.9 Å². The Kier molecular flexibility index (Phi) is 5.93. The first-order valence-electron chi connectivity index (χ1n) is 10.9. The predicted molar refractivity (Wildman–Crippen MR) is 121 cm³/mol. The van der Waals surface area contributed by atoms with E-state index in [0.717, 1.165) is 5.56 Å². The van der Waals surface area contributed by atoms with Gasteiger partial charge >= 0.3 is 6.09 Å². The number of carbonyl (C=O) groups excluding carboxylic acids is 4. The van der Waals surface area contributed by atoms with Gasteiger partial charge in [0.1, 0.15) is 6.61 Å². The van der Waals surface area contributed by atoms with Crippen molar-refractivity contribution in [3.05, 3.63) is 70.8 Å². The molecule has 0 aliphatic carbocycles. The van der Waals surface area contributed by atoms with Gasteiger partial charge in [-0.15, -0.1) is 0 Å². The van der Waals surface area contributed by atoms with Crippen LogP contribution in [0.1, 0.15) is 57.4 Å². The maximum absolute atomic E-state index is 13.0. The van der Waals surface area contributed by atoms with Gasteiger partial charge in [0.25, 0.3) is 17.7 Å². The molecule has 0 saturated carbocycles. The van der Waals surface area contributed by atoms with Gasteiger partial charge in [-0.25, -0.2) is 4.79 Å². The van der Waals surface area contributed by atoms with Crippen LogP contribution in [0.4, 0.5) is 4.79 Å². The molecule has 172 valence electrons. The number of fused-ring (bicyclic) bond motifs is 1. The fourth-order valence-electron chi connectivity index (χ4n) is 4.07. The molecule has 8 nitrogen and oxygen atoms in total. The highest BCUT2D eigenvalue weighted by Gasteiger charge is 2.42. The van der Waals surface area contributed by atoms with Crippen LogP contribution in [0.5, 0.6) is 0 Å². The molecule has 2 aliphatic rings. The standard InChI is InChI=1S/C25H27N3O5/c1-25(2,3)28-22(30)19-10-9-18(15-20(19)23(28)31)21(29)26-11-13-27(14-12-26)24(32)33-16-17-7-5-4-6-8-17/h4-10,15H,11-14,16H2,1-3H3. The third-order valence-corrected chi connectivity index (χ3v) is 5.83. The molecule has 33 heavy (non-hydrogen) atoms. The highest BCUT2D eigenvalue weighted by atomic mass is 16.6. The molecule has 0 spiro atoms. The normalized spacial score (nSPS) is 16.2. The predicted octanol–water partition coefficient (Wildman–Crippen LogP) is 3.18. The average Bonchev–Trinajstić information content (AvgIpc) is 3.07. The lowest BCUT2D eigenvalue weighted by Crippen LogP contribution is -2.50. The summed E-state index contributed by atoms with van der Waals surface area (Å²) in [6.45, 7) is 7.03. The van der Waals surface area contributed by atoms with Gasteiger partial charge in [-0.2, -0.15) is 0 Å². The number of benzene rings is 2. The minimum Gasteiger partial charge on any atom is -0.445 e. The van der Waals surface area contributed by atoms with Gasteiger partial charge in [0.15, 0.2) is 0 Å². The van der Waals surface area contributed by atoms with Gasteiger partial charge < -0.3 is 14.5 Å². The van der Waals surface area contributed by atoms with Crippen molar-refractivity contribution in [2.45, 2.75) is 32.9 Å². The number of carbonyl (C=O) groups is 4. The van der Waals surface area contributed by atoms with Crippen molar-refractivity contribution >= 4 is 23.8 Å². The zero-order valence-electron chi connectivity index (χ0n) is 19.0. The lowest BCUT2D eigenvalue weighted by atomic mass is 10.0. The van der Waals surface area contributed by atoms with E-state index in [1.165, 1.54) is 11.0 Å². The number of hydrogen-bond donors (Lipinski definition) is 0. The Balaban J connectivity index is 1.37. The molecule has 2 aromatic carbocycles. The lowest BCUT2D eigenvalue weighted by Gasteiger charge is -2.34. The minimum absolute atomic E-state index is 0.201. The summed E-state index contributed by atoms with van der Waals surface area (Å²) in [6, 6.07) is 14.1. The fourth-order valence-corrected chi connectivity index (χ4v) is 4.07. The smallest absolute Gasteiger partial charge is 0.410 e. The molecule has 8 heteroatoms. The summed E-state index contributed by atoms with van der Waals surface area (Å²) in [5.74, 6) is -0.961. The first kappa shape index (κ1) is 22.5. The zero-order valence-corrected chi connectivity index (χ0v) is 19.0. The molecule has 1 saturated heterocycles. The third-order valence-electron chi connectivity index (χ3n) is 5.83. The number of amides is 4. The van der Waals surface area contributed by atoms with Crippen LogP contribution in [0.2, 0.25) is 0 Å². The van der Waals surface area contributed by atoms with Crippen molar-refractivity contribution < 1.29 is 23.9 Å². The number of rotatable bonds is 3. The Labute approximate surface area is 192 Å². The summed E-state index contributed by atoms with van der Waals surface area (Å²) in [6.07, 6.45) is -0.408. The van der Waals surface area contributed by atoms with Gasteiger partial charge in [-0.3, -0.25) is 19.3 Å². The molecule has 0 radical (unpaired) electrons. The van der Waals surface area contributed by atoms with E-state index >= 15 is 0 Å². The van der Waals surface area contributed by atoms with Crippen LogP contribution in [-0.2, 0) is 11.3 Å². The van der Waals surface area contributed by atoms with Gasteiger partial charge in [0.2, 0.25) is 0 Å². The van der Waals surface area contributed by atoms with Crippen LogP contribution in [0, 0.1) is 0 Å². The largest absolute Gasteiger partial charge is 0.445 e. The SMILES string of the molecule is CC(C)(C)N1C(=O)c2ccc(C(=O)N3CCN(C(=O)OCc4ccccc4)CC3)cc2C1=O. The van der Waals surface area contributed by atoms with E-state index in [1.807, 2.05) is 30.3 Å². The van der Waals surface area contributed by atoms with Crippen LogP contribution in [0.15, 0.2) is 48.5 Å². The van der Waals surface area contributed by atoms with Crippen LogP contribution < -0.4 is 0 Å². The molecule has 0 bridgehead atoms. The average molecular weight is 450 g/mol. The van der Waals surface area contributed by atoms with Gasteiger partial charge in [-0.1, -0.05) is 30.3 Å². The maximum atomic E-state index is 13.0. The highest BCUT2D eigenvalue weighted by Crippen LogP contribution is 2.30. The van der Waals surface area contributed by atoms with Crippen molar-refractivity contribution in [3.8, 4) is 0 Å². The highest BCUT2D eigenvalue weighted by molar-refractivity contribution is 6.22. The Morgan fingerprint density at radius 1 is 0.848 bits per heavy atom. The zero-order chi connectivity index (χ0) is 23.8. The van der Waals surface area contributed by atoms with E-state index < -0.39 is 11.6 Å². The van der Waals surface area contributed by atoms with Crippen molar-refractivity contribution in [2.75, 3.05) is 26.2 Å². The summed E-state index contributed by atoms with van der Waals surface area (Å²) < 4.78 is 5.37. The van der Waals surface area contributed by atoms with Crippen LogP contribution >= 0.6 is 0 Å². The number of hydrogen-bond acceptors (Lipinski definition) is 5. The second-order valence-electron chi connectivity index (χ2n) is 9.20. The molecule has 2 heterocycles. The Hall–Kier alpha value is -3.68. The first-order chi connectivity index (χ1) is 15.7. The number of imide groups is 1. The van der Waals surface area contributed by atoms with Gasteiger partial charge in [0.05, 0.1) is 11.1 Å². The first-order valence-corrected chi connectivity index (χ1v) is 10.9. The van der Waals surface area contributed by atoms with E-state index in [9.17, 15) is 19.2 Å². The molecule has 0 unspecified atom stereocenters. The third kappa shape index (κ3) is 4.46. The Morgan fingerprint density at radius 2 is 1.45 bits per heavy atom. The number of nitrogens with zero attached hydrogens (tertiary/aromatic N) is 3. The van der Waals surface area contributed by atoms with E-state index in [4.69, 9.17) is 4.74 Å². The summed E-state index contributed by atoms with van der Waals surface area (Å²) >= 11 is 0. The second-order valence-corrected chi connectivity index (χ2v) is 9.20. The van der Waals surface area contributed by atoms with Gasteiger partial charge in [0, 0.05) is 37.3 Å². The monoisotopic (exact) mass is 449 g/mol. The number of piperazine rings is 1. The van der Waals surface area contributed by atoms with Crippen LogP contribution in [-0.4, -0.2) is 70.2 Å². The van der Waals surface area contributed by atoms with Crippen molar-refractivity contribution in [2.24, 2.45) is 0 Å². The second kappa shape index (κ2) is 8.69. The van der Waals surface area contributed by atoms with Crippen LogP contribution in [0.3, 0.4) is 0 Å². The number of ether oxygens (including phenoxy) is 1. The molecule has 1 fully saturated rings. The molecule has 0 atom stereocenters. The van der Waals surface area contributed by atoms with E-state index in [2.05, 4.69) is 0 Å². The Morgan fingerprint density at radius 3 is 2.09 bits per heavy atom. The molecule has 0 aromatic heterocycles. The fraction of sp³-hybridized carbons (Fsp3) is 0.360. The minimum atomic E-state index is -0.650. The summed E-state index contributed by atoms with van der Waals surface area (Å²) in [4.78, 5) is 55.3. The molecule has 0 N–H and O–H groups in total. The van der Waals surface area contributed by atoms with Crippen molar-refractivity contribution in [1.82, 2.24) is 14.7 Å². The molecular weight excluding hydrogens is 422 g/mol. The topological polar surface area (TPSA) is 87.2 Å². The molecular formula is C25H27N3O5. The maximum Gasteiger partial charge on any atom is 0.410 e. The quantitative estimate of drug-likeness (QED) is 0.672. The van der Waals surface area contributed by atoms with Gasteiger partial charge in [-0.05, 0) is 44.5 Å². The van der Waals surface area contributed by atoms with Crippen molar-refractivity contribution in [3.63, 3.8) is 0 Å². The van der Waals surface area contributed by atoms with E-state index in [1.54, 1.807) is 42.7 Å². The molecule has 2 aliphatic heterocycles. The summed E-state index contributed by atoms with van der Waals surface area (Å²) in [5, 5.41) is 0.